The van der Waals surface area contributed by atoms with Gasteiger partial charge in [0.15, 0.2) is 0 Å². The summed E-state index contributed by atoms with van der Waals surface area (Å²) in [6.45, 7) is 4.80. The van der Waals surface area contributed by atoms with E-state index < -0.39 is 0 Å². The molecule has 1 heterocycles. The fourth-order valence-electron chi connectivity index (χ4n) is 8.25. The molecule has 216 valence electrons. The lowest BCUT2D eigenvalue weighted by Gasteiger charge is -2.24. The maximum absolute atomic E-state index is 6.62. The number of hydrogen-bond donors (Lipinski definition) is 0. The van der Waals surface area contributed by atoms with Crippen LogP contribution in [0.4, 0.5) is 0 Å². The van der Waals surface area contributed by atoms with Crippen molar-refractivity contribution in [2.24, 2.45) is 0 Å². The monoisotopic (exact) mass is 586 g/mol. The summed E-state index contributed by atoms with van der Waals surface area (Å²) in [5.41, 5.74) is 12.1. The predicted molar refractivity (Wildman–Crippen MR) is 195 cm³/mol. The van der Waals surface area contributed by atoms with Gasteiger partial charge in [-0.05, 0) is 102 Å². The summed E-state index contributed by atoms with van der Waals surface area (Å²) in [5.74, 6) is 0. The molecule has 0 unspecified atom stereocenters. The molecule has 1 heteroatoms. The average molecular weight is 587 g/mol. The van der Waals surface area contributed by atoms with Crippen LogP contribution in [0.3, 0.4) is 0 Å². The Morgan fingerprint density at radius 3 is 2.00 bits per heavy atom. The second-order valence-corrected chi connectivity index (χ2v) is 13.3. The summed E-state index contributed by atoms with van der Waals surface area (Å²) in [6.07, 6.45) is 0. The molecule has 10 rings (SSSR count). The Hall–Kier alpha value is -5.66. The SMILES string of the molecule is CC1(C)c2cc(-c3cccc4oc5c6ccccc6ccc5c34)cc(-c3ccc4ccccc4c3)c2-c2ccc3ccccc3c21. The molecule has 0 radical (unpaired) electrons. The number of hydrogen-bond acceptors (Lipinski definition) is 1. The van der Waals surface area contributed by atoms with Gasteiger partial charge < -0.3 is 4.42 Å². The number of fused-ring (bicyclic) bond motifs is 11. The zero-order valence-electron chi connectivity index (χ0n) is 25.8. The van der Waals surface area contributed by atoms with Crippen LogP contribution in [-0.2, 0) is 5.41 Å². The number of benzene rings is 8. The molecule has 8 aromatic carbocycles. The fraction of sp³-hybridized carbons (Fsp3) is 0.0667. The van der Waals surface area contributed by atoms with Crippen LogP contribution in [0, 0.1) is 0 Å². The van der Waals surface area contributed by atoms with Gasteiger partial charge in [-0.15, -0.1) is 0 Å². The van der Waals surface area contributed by atoms with Crippen molar-refractivity contribution in [1.82, 2.24) is 0 Å². The van der Waals surface area contributed by atoms with Crippen molar-refractivity contribution in [1.29, 1.82) is 0 Å². The summed E-state index contributed by atoms with van der Waals surface area (Å²) >= 11 is 0. The van der Waals surface area contributed by atoms with Crippen molar-refractivity contribution < 1.29 is 4.42 Å². The van der Waals surface area contributed by atoms with E-state index in [0.29, 0.717) is 0 Å². The molecule has 0 spiro atoms. The van der Waals surface area contributed by atoms with Gasteiger partial charge in [0.25, 0.3) is 0 Å². The molecule has 0 saturated carbocycles. The van der Waals surface area contributed by atoms with E-state index in [1.807, 2.05) is 0 Å². The molecule has 1 aromatic heterocycles. The van der Waals surface area contributed by atoms with E-state index in [4.69, 9.17) is 4.42 Å². The van der Waals surface area contributed by atoms with Gasteiger partial charge in [0.1, 0.15) is 11.2 Å². The van der Waals surface area contributed by atoms with Crippen molar-refractivity contribution in [3.8, 4) is 33.4 Å². The van der Waals surface area contributed by atoms with E-state index in [2.05, 4.69) is 159 Å². The van der Waals surface area contributed by atoms with Gasteiger partial charge in [-0.2, -0.15) is 0 Å². The van der Waals surface area contributed by atoms with Crippen molar-refractivity contribution >= 4 is 54.3 Å². The van der Waals surface area contributed by atoms with Gasteiger partial charge >= 0.3 is 0 Å². The first-order chi connectivity index (χ1) is 22.6. The summed E-state index contributed by atoms with van der Waals surface area (Å²) in [6, 6.07) is 53.4. The maximum atomic E-state index is 6.62. The molecular weight excluding hydrogens is 556 g/mol. The highest BCUT2D eigenvalue weighted by Crippen LogP contribution is 2.56. The molecule has 1 aliphatic rings. The Bertz CT molecular complexity index is 2720. The van der Waals surface area contributed by atoms with Crippen molar-refractivity contribution in [2.45, 2.75) is 19.3 Å². The third-order valence-electron chi connectivity index (χ3n) is 10.4. The zero-order valence-corrected chi connectivity index (χ0v) is 25.8. The van der Waals surface area contributed by atoms with Crippen LogP contribution >= 0.6 is 0 Å². The Balaban J connectivity index is 1.31. The van der Waals surface area contributed by atoms with Gasteiger partial charge in [-0.25, -0.2) is 0 Å². The average Bonchev–Trinajstić information content (AvgIpc) is 3.60. The molecule has 1 nitrogen and oxygen atoms in total. The molecule has 0 bridgehead atoms. The lowest BCUT2D eigenvalue weighted by Crippen LogP contribution is -2.15. The smallest absolute Gasteiger partial charge is 0.143 e. The van der Waals surface area contributed by atoms with Crippen LogP contribution in [-0.4, -0.2) is 0 Å². The minimum Gasteiger partial charge on any atom is -0.455 e. The maximum Gasteiger partial charge on any atom is 0.143 e. The molecule has 1 aliphatic carbocycles. The normalized spacial score (nSPS) is 13.6. The highest BCUT2D eigenvalue weighted by molar-refractivity contribution is 6.19. The third kappa shape index (κ3) is 3.46. The zero-order chi connectivity index (χ0) is 30.6. The van der Waals surface area contributed by atoms with E-state index >= 15 is 0 Å². The second kappa shape index (κ2) is 9.19. The van der Waals surface area contributed by atoms with Crippen LogP contribution in [0.1, 0.15) is 25.0 Å². The summed E-state index contributed by atoms with van der Waals surface area (Å²) < 4.78 is 6.62. The summed E-state index contributed by atoms with van der Waals surface area (Å²) in [4.78, 5) is 0. The standard InChI is InChI=1S/C45H30O/c1-45(2)39-26-32(33-16-9-17-40-42(33)37-23-21-29-12-6-8-15-35(29)44(37)46-40)25-38(31-19-18-27-10-3-4-13-30(27)24-31)41(39)36-22-20-28-11-5-7-14-34(28)43(36)45/h3-26H,1-2H3. The van der Waals surface area contributed by atoms with Crippen molar-refractivity contribution in [3.05, 3.63) is 157 Å². The number of furan rings is 1. The molecule has 0 atom stereocenters. The molecule has 0 N–H and O–H groups in total. The van der Waals surface area contributed by atoms with Gasteiger partial charge in [0.05, 0.1) is 0 Å². The predicted octanol–water partition coefficient (Wildman–Crippen LogP) is 12.7. The Labute approximate surface area is 267 Å². The summed E-state index contributed by atoms with van der Waals surface area (Å²) in [5, 5.41) is 9.81. The van der Waals surface area contributed by atoms with Crippen LogP contribution in [0.25, 0.3) is 87.6 Å². The van der Waals surface area contributed by atoms with Gasteiger partial charge in [-0.1, -0.05) is 129 Å². The Kier molecular flexibility index (Phi) is 5.12. The molecule has 0 aliphatic heterocycles. The topological polar surface area (TPSA) is 13.1 Å². The first-order valence-electron chi connectivity index (χ1n) is 16.1. The second-order valence-electron chi connectivity index (χ2n) is 13.3. The lowest BCUT2D eigenvalue weighted by molar-refractivity contribution is 0.666. The molecular formula is C45H30O. The Morgan fingerprint density at radius 1 is 0.457 bits per heavy atom. The van der Waals surface area contributed by atoms with Crippen molar-refractivity contribution in [2.75, 3.05) is 0 Å². The third-order valence-corrected chi connectivity index (χ3v) is 10.4. The van der Waals surface area contributed by atoms with Gasteiger partial charge in [0.2, 0.25) is 0 Å². The Morgan fingerprint density at radius 2 is 1.15 bits per heavy atom. The van der Waals surface area contributed by atoms with E-state index in [9.17, 15) is 0 Å². The largest absolute Gasteiger partial charge is 0.455 e. The molecule has 0 saturated heterocycles. The van der Waals surface area contributed by atoms with Crippen LogP contribution in [0.5, 0.6) is 0 Å². The summed E-state index contributed by atoms with van der Waals surface area (Å²) in [7, 11) is 0. The van der Waals surface area contributed by atoms with E-state index in [-0.39, 0.29) is 5.41 Å². The molecule has 46 heavy (non-hydrogen) atoms. The first kappa shape index (κ1) is 25.6. The van der Waals surface area contributed by atoms with Crippen molar-refractivity contribution in [3.63, 3.8) is 0 Å². The fourth-order valence-corrected chi connectivity index (χ4v) is 8.25. The highest BCUT2D eigenvalue weighted by atomic mass is 16.3. The quantitative estimate of drug-likeness (QED) is 0.196. The van der Waals surface area contributed by atoms with Crippen LogP contribution in [0.2, 0.25) is 0 Å². The van der Waals surface area contributed by atoms with E-state index in [0.717, 1.165) is 21.9 Å². The molecule has 0 fully saturated rings. The highest BCUT2D eigenvalue weighted by Gasteiger charge is 2.39. The first-order valence-corrected chi connectivity index (χ1v) is 16.1. The van der Waals surface area contributed by atoms with E-state index in [1.165, 1.54) is 76.8 Å². The molecule has 9 aromatic rings. The van der Waals surface area contributed by atoms with Gasteiger partial charge in [-0.3, -0.25) is 0 Å². The minimum atomic E-state index is -0.185. The van der Waals surface area contributed by atoms with E-state index in [1.54, 1.807) is 0 Å². The molecule has 0 amide bonds. The van der Waals surface area contributed by atoms with Crippen LogP contribution < -0.4 is 0 Å². The number of rotatable bonds is 2. The van der Waals surface area contributed by atoms with Crippen LogP contribution in [0.15, 0.2) is 150 Å². The minimum absolute atomic E-state index is 0.185. The van der Waals surface area contributed by atoms with Gasteiger partial charge in [0, 0.05) is 21.6 Å². The lowest BCUT2D eigenvalue weighted by atomic mass is 9.79.